The lowest BCUT2D eigenvalue weighted by Gasteiger charge is -2.18. The van der Waals surface area contributed by atoms with Crippen molar-refractivity contribution in [2.75, 3.05) is 20.1 Å². The Morgan fingerprint density at radius 2 is 1.72 bits per heavy atom. The molecule has 0 spiro atoms. The Kier molecular flexibility index (Phi) is 6.12. The third kappa shape index (κ3) is 6.00. The van der Waals surface area contributed by atoms with E-state index in [4.69, 9.17) is 0 Å². The summed E-state index contributed by atoms with van der Waals surface area (Å²) in [5.74, 6) is -0.0251. The van der Waals surface area contributed by atoms with E-state index in [-0.39, 0.29) is 30.9 Å². The molecule has 5 nitrogen and oxygen atoms in total. The first-order valence-electron chi connectivity index (χ1n) is 6.74. The molecule has 2 N–H and O–H groups in total. The van der Waals surface area contributed by atoms with E-state index in [1.807, 2.05) is 13.8 Å². The van der Waals surface area contributed by atoms with E-state index in [2.05, 4.69) is 10.6 Å². The smallest absolute Gasteiger partial charge is 0.234 e. The fourth-order valence-electron chi connectivity index (χ4n) is 2.26. The highest BCUT2D eigenvalue weighted by molar-refractivity contribution is 5.81. The summed E-state index contributed by atoms with van der Waals surface area (Å²) in [4.78, 5) is 25.0. The van der Waals surface area contributed by atoms with Crippen LogP contribution in [0.15, 0.2) is 0 Å². The van der Waals surface area contributed by atoms with Gasteiger partial charge in [0, 0.05) is 12.1 Å². The molecular weight excluding hydrogens is 230 g/mol. The zero-order valence-electron chi connectivity index (χ0n) is 11.7. The summed E-state index contributed by atoms with van der Waals surface area (Å²) in [6, 6.07) is 0.480. The molecule has 1 aliphatic carbocycles. The van der Waals surface area contributed by atoms with Crippen molar-refractivity contribution in [3.63, 3.8) is 0 Å². The zero-order chi connectivity index (χ0) is 13.5. The first kappa shape index (κ1) is 15.0. The first-order chi connectivity index (χ1) is 8.47. The maximum atomic E-state index is 11.7. The number of hydrogen-bond donors (Lipinski definition) is 2. The fourth-order valence-corrected chi connectivity index (χ4v) is 2.26. The molecule has 0 saturated heterocycles. The minimum Gasteiger partial charge on any atom is -0.353 e. The molecule has 1 saturated carbocycles. The van der Waals surface area contributed by atoms with Gasteiger partial charge >= 0.3 is 0 Å². The molecule has 0 heterocycles. The van der Waals surface area contributed by atoms with Gasteiger partial charge in [0.1, 0.15) is 0 Å². The third-order valence-electron chi connectivity index (χ3n) is 3.00. The summed E-state index contributed by atoms with van der Waals surface area (Å²) in [6.45, 7) is 4.38. The standard InChI is InChI=1S/C13H25N3O2/c1-10(2)14-12(17)8-16(3)9-13(18)15-11-6-4-5-7-11/h10-11H,4-9H2,1-3H3,(H,14,17)(H,15,18). The Balaban J connectivity index is 2.19. The Morgan fingerprint density at radius 1 is 1.17 bits per heavy atom. The lowest BCUT2D eigenvalue weighted by atomic mass is 10.2. The Bertz CT molecular complexity index is 286. The highest BCUT2D eigenvalue weighted by atomic mass is 16.2. The molecule has 5 heteroatoms. The molecule has 0 aliphatic heterocycles. The van der Waals surface area contributed by atoms with Crippen LogP contribution in [-0.2, 0) is 9.59 Å². The quantitative estimate of drug-likeness (QED) is 0.726. The van der Waals surface area contributed by atoms with Gasteiger partial charge in [0.2, 0.25) is 11.8 Å². The average Bonchev–Trinajstić information content (AvgIpc) is 2.67. The van der Waals surface area contributed by atoms with Crippen LogP contribution in [0.25, 0.3) is 0 Å². The van der Waals surface area contributed by atoms with Gasteiger partial charge < -0.3 is 10.6 Å². The van der Waals surface area contributed by atoms with Crippen molar-refractivity contribution in [3.05, 3.63) is 0 Å². The topological polar surface area (TPSA) is 61.4 Å². The maximum Gasteiger partial charge on any atom is 0.234 e. The summed E-state index contributed by atoms with van der Waals surface area (Å²) in [5, 5.41) is 5.82. The summed E-state index contributed by atoms with van der Waals surface area (Å²) in [7, 11) is 1.79. The second kappa shape index (κ2) is 7.36. The van der Waals surface area contributed by atoms with Gasteiger partial charge in [-0.05, 0) is 33.7 Å². The molecule has 18 heavy (non-hydrogen) atoms. The molecule has 0 bridgehead atoms. The number of rotatable bonds is 6. The SMILES string of the molecule is CC(C)NC(=O)CN(C)CC(=O)NC1CCCC1. The van der Waals surface area contributed by atoms with Crippen LogP contribution >= 0.6 is 0 Å². The molecule has 0 unspecified atom stereocenters. The minimum absolute atomic E-state index is 0.0155. The number of nitrogens with one attached hydrogen (secondary N) is 2. The number of hydrogen-bond acceptors (Lipinski definition) is 3. The second-order valence-electron chi connectivity index (χ2n) is 5.44. The highest BCUT2D eigenvalue weighted by Gasteiger charge is 2.18. The molecule has 104 valence electrons. The van der Waals surface area contributed by atoms with Crippen LogP contribution in [0.1, 0.15) is 39.5 Å². The molecule has 0 atom stereocenters. The van der Waals surface area contributed by atoms with E-state index in [1.54, 1.807) is 11.9 Å². The third-order valence-corrected chi connectivity index (χ3v) is 3.00. The normalized spacial score (nSPS) is 16.3. The Labute approximate surface area is 109 Å². The zero-order valence-corrected chi connectivity index (χ0v) is 11.7. The van der Waals surface area contributed by atoms with Crippen molar-refractivity contribution in [2.24, 2.45) is 0 Å². The van der Waals surface area contributed by atoms with Gasteiger partial charge in [-0.3, -0.25) is 14.5 Å². The van der Waals surface area contributed by atoms with Crippen molar-refractivity contribution in [1.82, 2.24) is 15.5 Å². The van der Waals surface area contributed by atoms with Crippen LogP contribution in [0.2, 0.25) is 0 Å². The molecule has 0 aromatic rings. The van der Waals surface area contributed by atoms with E-state index < -0.39 is 0 Å². The van der Waals surface area contributed by atoms with Crippen LogP contribution < -0.4 is 10.6 Å². The summed E-state index contributed by atoms with van der Waals surface area (Å²) in [6.07, 6.45) is 4.59. The van der Waals surface area contributed by atoms with Gasteiger partial charge in [-0.25, -0.2) is 0 Å². The van der Waals surface area contributed by atoms with E-state index >= 15 is 0 Å². The van der Waals surface area contributed by atoms with E-state index in [9.17, 15) is 9.59 Å². The predicted molar refractivity (Wildman–Crippen MR) is 71.2 cm³/mol. The van der Waals surface area contributed by atoms with Crippen LogP contribution in [0.5, 0.6) is 0 Å². The number of carbonyl (C=O) groups is 2. The Hall–Kier alpha value is -1.10. The molecule has 2 amide bonds. The second-order valence-corrected chi connectivity index (χ2v) is 5.44. The van der Waals surface area contributed by atoms with Crippen LogP contribution in [0.3, 0.4) is 0 Å². The number of carbonyl (C=O) groups excluding carboxylic acids is 2. The summed E-state index contributed by atoms with van der Waals surface area (Å²) >= 11 is 0. The lowest BCUT2D eigenvalue weighted by molar-refractivity contribution is -0.125. The van der Waals surface area contributed by atoms with Crippen molar-refractivity contribution in [3.8, 4) is 0 Å². The molecule has 0 aromatic heterocycles. The van der Waals surface area contributed by atoms with Gasteiger partial charge in [0.25, 0.3) is 0 Å². The Morgan fingerprint density at radius 3 is 2.28 bits per heavy atom. The average molecular weight is 255 g/mol. The van der Waals surface area contributed by atoms with Crippen molar-refractivity contribution in [2.45, 2.75) is 51.6 Å². The van der Waals surface area contributed by atoms with Crippen molar-refractivity contribution >= 4 is 11.8 Å². The largest absolute Gasteiger partial charge is 0.353 e. The minimum atomic E-state index is -0.0406. The number of likely N-dealkylation sites (N-methyl/N-ethyl adjacent to an activating group) is 1. The van der Waals surface area contributed by atoms with Gasteiger partial charge in [0.15, 0.2) is 0 Å². The van der Waals surface area contributed by atoms with E-state index in [0.29, 0.717) is 6.04 Å². The molecular formula is C13H25N3O2. The monoisotopic (exact) mass is 255 g/mol. The van der Waals surface area contributed by atoms with Crippen LogP contribution in [-0.4, -0.2) is 48.9 Å². The van der Waals surface area contributed by atoms with Gasteiger partial charge in [-0.15, -0.1) is 0 Å². The van der Waals surface area contributed by atoms with Gasteiger partial charge in [-0.1, -0.05) is 12.8 Å². The molecule has 0 aromatic carbocycles. The van der Waals surface area contributed by atoms with Gasteiger partial charge in [0.05, 0.1) is 13.1 Å². The molecule has 1 rings (SSSR count). The van der Waals surface area contributed by atoms with Crippen molar-refractivity contribution in [1.29, 1.82) is 0 Å². The van der Waals surface area contributed by atoms with E-state index in [0.717, 1.165) is 12.8 Å². The lowest BCUT2D eigenvalue weighted by Crippen LogP contribution is -2.44. The van der Waals surface area contributed by atoms with E-state index in [1.165, 1.54) is 12.8 Å². The first-order valence-corrected chi connectivity index (χ1v) is 6.74. The van der Waals surface area contributed by atoms with Gasteiger partial charge in [-0.2, -0.15) is 0 Å². The maximum absolute atomic E-state index is 11.7. The summed E-state index contributed by atoms with van der Waals surface area (Å²) in [5.41, 5.74) is 0. The predicted octanol–water partition coefficient (Wildman–Crippen LogP) is 0.502. The van der Waals surface area contributed by atoms with Crippen molar-refractivity contribution < 1.29 is 9.59 Å². The molecule has 0 radical (unpaired) electrons. The number of amides is 2. The summed E-state index contributed by atoms with van der Waals surface area (Å²) < 4.78 is 0. The van der Waals surface area contributed by atoms with Crippen LogP contribution in [0.4, 0.5) is 0 Å². The molecule has 1 aliphatic rings. The molecule has 1 fully saturated rings. The fraction of sp³-hybridized carbons (Fsp3) is 0.846. The van der Waals surface area contributed by atoms with Crippen LogP contribution in [0, 0.1) is 0 Å². The highest BCUT2D eigenvalue weighted by Crippen LogP contribution is 2.17. The number of nitrogens with zero attached hydrogens (tertiary/aromatic N) is 1.